The Bertz CT molecular complexity index is 389. The quantitative estimate of drug-likeness (QED) is 0.865. The number of rotatable bonds is 5. The van der Waals surface area contributed by atoms with E-state index in [2.05, 4.69) is 11.0 Å². The van der Waals surface area contributed by atoms with Crippen molar-refractivity contribution in [3.63, 3.8) is 0 Å². The van der Waals surface area contributed by atoms with Crippen LogP contribution in [-0.4, -0.2) is 38.8 Å². The van der Waals surface area contributed by atoms with Crippen molar-refractivity contribution in [3.8, 4) is 11.5 Å². The van der Waals surface area contributed by atoms with Crippen LogP contribution in [0.3, 0.4) is 0 Å². The highest BCUT2D eigenvalue weighted by Gasteiger charge is 2.23. The van der Waals surface area contributed by atoms with E-state index in [4.69, 9.17) is 15.2 Å². The molecular formula is C14H22N2O2. The van der Waals surface area contributed by atoms with Gasteiger partial charge in [-0.05, 0) is 43.6 Å². The Morgan fingerprint density at radius 1 is 1.17 bits per heavy atom. The van der Waals surface area contributed by atoms with Gasteiger partial charge < -0.3 is 15.2 Å². The van der Waals surface area contributed by atoms with E-state index in [1.54, 1.807) is 14.2 Å². The van der Waals surface area contributed by atoms with Gasteiger partial charge >= 0.3 is 0 Å². The zero-order valence-electron chi connectivity index (χ0n) is 11.2. The van der Waals surface area contributed by atoms with E-state index in [9.17, 15) is 0 Å². The molecule has 1 fully saturated rings. The van der Waals surface area contributed by atoms with Gasteiger partial charge in [0.1, 0.15) is 0 Å². The van der Waals surface area contributed by atoms with Crippen LogP contribution in [0.4, 0.5) is 0 Å². The van der Waals surface area contributed by atoms with Gasteiger partial charge in [-0.25, -0.2) is 0 Å². The average molecular weight is 250 g/mol. The van der Waals surface area contributed by atoms with Crippen LogP contribution in [0.1, 0.15) is 24.4 Å². The van der Waals surface area contributed by atoms with Gasteiger partial charge in [0.2, 0.25) is 0 Å². The molecule has 1 aliphatic rings. The highest BCUT2D eigenvalue weighted by atomic mass is 16.5. The second-order valence-corrected chi connectivity index (χ2v) is 4.61. The fraction of sp³-hybridized carbons (Fsp3) is 0.571. The topological polar surface area (TPSA) is 47.7 Å². The lowest BCUT2D eigenvalue weighted by Gasteiger charge is -2.27. The maximum Gasteiger partial charge on any atom is 0.161 e. The van der Waals surface area contributed by atoms with Crippen LogP contribution < -0.4 is 15.2 Å². The van der Waals surface area contributed by atoms with Gasteiger partial charge in [0.25, 0.3) is 0 Å². The maximum absolute atomic E-state index is 5.93. The van der Waals surface area contributed by atoms with Crippen LogP contribution in [0.25, 0.3) is 0 Å². The number of methoxy groups -OCH3 is 2. The molecule has 18 heavy (non-hydrogen) atoms. The molecule has 0 unspecified atom stereocenters. The second kappa shape index (κ2) is 6.07. The Labute approximate surface area is 109 Å². The molecule has 0 radical (unpaired) electrons. The molecule has 0 aliphatic carbocycles. The Balaban J connectivity index is 2.24. The van der Waals surface area contributed by atoms with Gasteiger partial charge in [-0.2, -0.15) is 0 Å². The van der Waals surface area contributed by atoms with E-state index in [1.807, 2.05) is 12.1 Å². The third kappa shape index (κ3) is 2.60. The van der Waals surface area contributed by atoms with Crippen molar-refractivity contribution in [1.82, 2.24) is 4.90 Å². The zero-order valence-corrected chi connectivity index (χ0v) is 11.2. The SMILES string of the molecule is COc1ccc([C@H](CN)N2CCCC2)cc1OC. The Kier molecular flexibility index (Phi) is 4.44. The fourth-order valence-corrected chi connectivity index (χ4v) is 2.61. The second-order valence-electron chi connectivity index (χ2n) is 4.61. The van der Waals surface area contributed by atoms with Crippen LogP contribution in [-0.2, 0) is 0 Å². The summed E-state index contributed by atoms with van der Waals surface area (Å²) in [6.45, 7) is 2.90. The molecule has 1 aromatic rings. The van der Waals surface area contributed by atoms with Crippen LogP contribution >= 0.6 is 0 Å². The third-order valence-corrected chi connectivity index (χ3v) is 3.60. The highest BCUT2D eigenvalue weighted by molar-refractivity contribution is 5.43. The molecule has 1 heterocycles. The largest absolute Gasteiger partial charge is 0.493 e. The Morgan fingerprint density at radius 3 is 2.39 bits per heavy atom. The summed E-state index contributed by atoms with van der Waals surface area (Å²) in [4.78, 5) is 2.45. The first-order chi connectivity index (χ1) is 8.80. The van der Waals surface area contributed by atoms with Crippen LogP contribution in [0.5, 0.6) is 11.5 Å². The van der Waals surface area contributed by atoms with Crippen molar-refractivity contribution in [2.75, 3.05) is 33.9 Å². The van der Waals surface area contributed by atoms with Crippen LogP contribution in [0, 0.1) is 0 Å². The van der Waals surface area contributed by atoms with Crippen LogP contribution in [0.2, 0.25) is 0 Å². The van der Waals surface area contributed by atoms with E-state index in [1.165, 1.54) is 18.4 Å². The number of ether oxygens (including phenoxy) is 2. The maximum atomic E-state index is 5.93. The Morgan fingerprint density at radius 2 is 1.83 bits per heavy atom. The molecule has 4 heteroatoms. The highest BCUT2D eigenvalue weighted by Crippen LogP contribution is 2.32. The minimum atomic E-state index is 0.285. The molecule has 0 spiro atoms. The third-order valence-electron chi connectivity index (χ3n) is 3.60. The molecule has 1 saturated heterocycles. The lowest BCUT2D eigenvalue weighted by Crippen LogP contribution is -2.31. The van der Waals surface area contributed by atoms with E-state index in [0.717, 1.165) is 24.6 Å². The normalized spacial score (nSPS) is 17.7. The van der Waals surface area contributed by atoms with Crippen molar-refractivity contribution in [2.45, 2.75) is 18.9 Å². The van der Waals surface area contributed by atoms with Gasteiger partial charge in [-0.1, -0.05) is 6.07 Å². The average Bonchev–Trinajstić information content (AvgIpc) is 2.93. The molecule has 100 valence electrons. The summed E-state index contributed by atoms with van der Waals surface area (Å²) in [5, 5.41) is 0. The summed E-state index contributed by atoms with van der Waals surface area (Å²) in [6, 6.07) is 6.35. The van der Waals surface area contributed by atoms with Crippen LogP contribution in [0.15, 0.2) is 18.2 Å². The number of hydrogen-bond acceptors (Lipinski definition) is 4. The summed E-state index contributed by atoms with van der Waals surface area (Å²) in [6.07, 6.45) is 2.54. The summed E-state index contributed by atoms with van der Waals surface area (Å²) < 4.78 is 10.6. The van der Waals surface area contributed by atoms with E-state index < -0.39 is 0 Å². The van der Waals surface area contributed by atoms with E-state index in [0.29, 0.717) is 6.54 Å². The predicted molar refractivity (Wildman–Crippen MR) is 72.1 cm³/mol. The molecule has 0 saturated carbocycles. The molecule has 0 aromatic heterocycles. The molecule has 0 amide bonds. The molecular weight excluding hydrogens is 228 g/mol. The monoisotopic (exact) mass is 250 g/mol. The minimum absolute atomic E-state index is 0.285. The number of nitrogens with two attached hydrogens (primary N) is 1. The summed E-state index contributed by atoms with van der Waals surface area (Å²) in [7, 11) is 3.31. The van der Waals surface area contributed by atoms with Crippen molar-refractivity contribution in [1.29, 1.82) is 0 Å². The molecule has 4 nitrogen and oxygen atoms in total. The van der Waals surface area contributed by atoms with E-state index in [-0.39, 0.29) is 6.04 Å². The Hall–Kier alpha value is -1.26. The molecule has 1 aromatic carbocycles. The summed E-state index contributed by atoms with van der Waals surface area (Å²) >= 11 is 0. The number of benzene rings is 1. The molecule has 1 atom stereocenters. The first-order valence-corrected chi connectivity index (χ1v) is 6.46. The lowest BCUT2D eigenvalue weighted by atomic mass is 10.0. The number of nitrogens with zero attached hydrogens (tertiary/aromatic N) is 1. The first kappa shape index (κ1) is 13.2. The first-order valence-electron chi connectivity index (χ1n) is 6.46. The minimum Gasteiger partial charge on any atom is -0.493 e. The van der Waals surface area contributed by atoms with Crippen molar-refractivity contribution >= 4 is 0 Å². The van der Waals surface area contributed by atoms with Gasteiger partial charge in [0, 0.05) is 12.6 Å². The van der Waals surface area contributed by atoms with Crippen molar-refractivity contribution in [2.24, 2.45) is 5.73 Å². The van der Waals surface area contributed by atoms with E-state index >= 15 is 0 Å². The zero-order chi connectivity index (χ0) is 13.0. The standard InChI is InChI=1S/C14H22N2O2/c1-17-13-6-5-11(9-14(13)18-2)12(10-15)16-7-3-4-8-16/h5-6,9,12H,3-4,7-8,10,15H2,1-2H3/t12-/m0/s1. The van der Waals surface area contributed by atoms with Gasteiger partial charge in [-0.15, -0.1) is 0 Å². The lowest BCUT2D eigenvalue weighted by molar-refractivity contribution is 0.250. The predicted octanol–water partition coefficient (Wildman–Crippen LogP) is 1.80. The number of hydrogen-bond donors (Lipinski definition) is 1. The smallest absolute Gasteiger partial charge is 0.161 e. The fourth-order valence-electron chi connectivity index (χ4n) is 2.61. The molecule has 1 aliphatic heterocycles. The van der Waals surface area contributed by atoms with Gasteiger partial charge in [0.05, 0.1) is 14.2 Å². The van der Waals surface area contributed by atoms with Gasteiger partial charge in [-0.3, -0.25) is 4.90 Å². The van der Waals surface area contributed by atoms with Crippen molar-refractivity contribution < 1.29 is 9.47 Å². The summed E-state index contributed by atoms with van der Waals surface area (Å²) in [5.74, 6) is 1.53. The molecule has 0 bridgehead atoms. The summed E-state index contributed by atoms with van der Waals surface area (Å²) in [5.41, 5.74) is 7.14. The molecule has 2 N–H and O–H groups in total. The number of likely N-dealkylation sites (tertiary alicyclic amines) is 1. The van der Waals surface area contributed by atoms with Crippen molar-refractivity contribution in [3.05, 3.63) is 23.8 Å². The molecule has 2 rings (SSSR count). The van der Waals surface area contributed by atoms with Gasteiger partial charge in [0.15, 0.2) is 11.5 Å².